The predicted molar refractivity (Wildman–Crippen MR) is 91.4 cm³/mol. The van der Waals surface area contributed by atoms with Crippen LogP contribution in [0.25, 0.3) is 11.0 Å². The summed E-state index contributed by atoms with van der Waals surface area (Å²) in [5, 5.41) is 10.6. The van der Waals surface area contributed by atoms with Crippen LogP contribution in [0.4, 0.5) is 0 Å². The normalized spacial score (nSPS) is 17.8. The fourth-order valence-corrected chi connectivity index (χ4v) is 3.37. The summed E-state index contributed by atoms with van der Waals surface area (Å²) < 4.78 is 0. The first-order valence-corrected chi connectivity index (χ1v) is 8.28. The van der Waals surface area contributed by atoms with Gasteiger partial charge in [-0.15, -0.1) is 0 Å². The van der Waals surface area contributed by atoms with Gasteiger partial charge in [0, 0.05) is 30.6 Å². The number of H-pyrrole nitrogens is 2. The van der Waals surface area contributed by atoms with Crippen molar-refractivity contribution in [3.05, 3.63) is 51.7 Å². The van der Waals surface area contributed by atoms with Crippen molar-refractivity contribution in [1.29, 1.82) is 0 Å². The Morgan fingerprint density at radius 3 is 2.92 bits per heavy atom. The molecule has 0 saturated carbocycles. The Morgan fingerprint density at radius 2 is 2.08 bits per heavy atom. The van der Waals surface area contributed by atoms with Crippen LogP contribution in [0.15, 0.2) is 29.1 Å². The Labute approximate surface area is 143 Å². The first kappa shape index (κ1) is 15.5. The molecule has 1 unspecified atom stereocenters. The highest BCUT2D eigenvalue weighted by molar-refractivity contribution is 5.97. The summed E-state index contributed by atoms with van der Waals surface area (Å²) in [6, 6.07) is 6.84. The molecule has 128 valence electrons. The van der Waals surface area contributed by atoms with Crippen LogP contribution in [-0.2, 0) is 0 Å². The van der Waals surface area contributed by atoms with Crippen molar-refractivity contribution in [2.75, 3.05) is 13.1 Å². The van der Waals surface area contributed by atoms with Gasteiger partial charge in [0.05, 0.1) is 5.69 Å². The van der Waals surface area contributed by atoms with E-state index < -0.39 is 0 Å². The monoisotopic (exact) mass is 338 g/mol. The number of hydrogen-bond acceptors (Lipinski definition) is 5. The number of nitrogens with zero attached hydrogens (tertiary/aromatic N) is 4. The zero-order valence-electron chi connectivity index (χ0n) is 13.8. The fourth-order valence-electron chi connectivity index (χ4n) is 3.37. The lowest BCUT2D eigenvalue weighted by molar-refractivity contribution is 0.0706. The van der Waals surface area contributed by atoms with E-state index in [4.69, 9.17) is 0 Å². The molecule has 2 aromatic heterocycles. The van der Waals surface area contributed by atoms with Crippen molar-refractivity contribution in [1.82, 2.24) is 30.3 Å². The zero-order valence-corrected chi connectivity index (χ0v) is 13.8. The molecular weight excluding hydrogens is 320 g/mol. The molecule has 25 heavy (non-hydrogen) atoms. The summed E-state index contributed by atoms with van der Waals surface area (Å²) in [5.74, 6) is 0.646. The van der Waals surface area contributed by atoms with E-state index in [9.17, 15) is 9.59 Å². The molecule has 8 nitrogen and oxygen atoms in total. The Kier molecular flexibility index (Phi) is 3.79. The smallest absolute Gasteiger partial charge is 0.253 e. The second kappa shape index (κ2) is 6.12. The lowest BCUT2D eigenvalue weighted by atomic mass is 9.94. The van der Waals surface area contributed by atoms with Crippen LogP contribution in [0, 0.1) is 6.92 Å². The Morgan fingerprint density at radius 1 is 1.24 bits per heavy atom. The zero-order chi connectivity index (χ0) is 17.4. The second-order valence-corrected chi connectivity index (χ2v) is 6.37. The van der Waals surface area contributed by atoms with Crippen molar-refractivity contribution >= 4 is 16.9 Å². The first-order valence-electron chi connectivity index (χ1n) is 8.28. The summed E-state index contributed by atoms with van der Waals surface area (Å²) in [6.07, 6.45) is 1.80. The van der Waals surface area contributed by atoms with E-state index >= 15 is 0 Å². The van der Waals surface area contributed by atoms with E-state index in [-0.39, 0.29) is 17.4 Å². The molecule has 0 bridgehead atoms. The summed E-state index contributed by atoms with van der Waals surface area (Å²) in [4.78, 5) is 33.5. The standard InChI is InChI=1S/C17H18N6O2/c1-10-18-14(8-16(24)19-10)12-3-2-6-23(9-12)17(25)11-4-5-13-15(7-11)21-22-20-13/h4-5,7-8,12H,2-3,6,9H2,1H3,(H,18,19,24)(H,20,21,22). The van der Waals surface area contributed by atoms with E-state index in [1.54, 1.807) is 25.1 Å². The van der Waals surface area contributed by atoms with Gasteiger partial charge in [-0.2, -0.15) is 15.4 Å². The van der Waals surface area contributed by atoms with Crippen LogP contribution < -0.4 is 5.56 Å². The molecule has 0 radical (unpaired) electrons. The summed E-state index contributed by atoms with van der Waals surface area (Å²) in [7, 11) is 0. The molecule has 2 N–H and O–H groups in total. The molecule has 0 spiro atoms. The minimum absolute atomic E-state index is 0.0313. The molecular formula is C17H18N6O2. The van der Waals surface area contributed by atoms with Crippen molar-refractivity contribution in [2.45, 2.75) is 25.7 Å². The maximum atomic E-state index is 12.9. The molecule has 0 aliphatic carbocycles. The molecule has 1 aromatic carbocycles. The van der Waals surface area contributed by atoms with Gasteiger partial charge in [0.25, 0.3) is 11.5 Å². The van der Waals surface area contributed by atoms with Gasteiger partial charge in [-0.25, -0.2) is 4.98 Å². The van der Waals surface area contributed by atoms with Gasteiger partial charge in [-0.05, 0) is 38.0 Å². The molecule has 1 fully saturated rings. The molecule has 1 atom stereocenters. The quantitative estimate of drug-likeness (QED) is 0.734. The van der Waals surface area contributed by atoms with E-state index in [1.807, 2.05) is 4.90 Å². The molecule has 1 aliphatic rings. The van der Waals surface area contributed by atoms with Gasteiger partial charge in [0.1, 0.15) is 16.9 Å². The third-order valence-electron chi connectivity index (χ3n) is 4.57. The highest BCUT2D eigenvalue weighted by Gasteiger charge is 2.27. The third-order valence-corrected chi connectivity index (χ3v) is 4.57. The number of benzene rings is 1. The summed E-state index contributed by atoms with van der Waals surface area (Å²) in [6.45, 7) is 3.03. The molecule has 4 rings (SSSR count). The lowest BCUT2D eigenvalue weighted by Gasteiger charge is -2.32. The van der Waals surface area contributed by atoms with E-state index in [0.717, 1.165) is 24.1 Å². The van der Waals surface area contributed by atoms with Crippen molar-refractivity contribution in [2.24, 2.45) is 0 Å². The van der Waals surface area contributed by atoms with Gasteiger partial charge in [-0.3, -0.25) is 9.59 Å². The summed E-state index contributed by atoms with van der Waals surface area (Å²) >= 11 is 0. The van der Waals surface area contributed by atoms with Crippen LogP contribution in [0.1, 0.15) is 40.6 Å². The number of hydrogen-bond donors (Lipinski definition) is 2. The van der Waals surface area contributed by atoms with Crippen LogP contribution in [0.2, 0.25) is 0 Å². The predicted octanol–water partition coefficient (Wildman–Crippen LogP) is 1.37. The number of aryl methyl sites for hydroxylation is 1. The summed E-state index contributed by atoms with van der Waals surface area (Å²) in [5.41, 5.74) is 2.60. The van der Waals surface area contributed by atoms with Crippen LogP contribution in [0.5, 0.6) is 0 Å². The SMILES string of the molecule is Cc1nc(C2CCCN(C(=O)c3ccc4n[nH]nc4c3)C2)cc(=O)[nH]1. The van der Waals surface area contributed by atoms with E-state index in [0.29, 0.717) is 30.0 Å². The largest absolute Gasteiger partial charge is 0.338 e. The van der Waals surface area contributed by atoms with Crippen molar-refractivity contribution in [3.63, 3.8) is 0 Å². The van der Waals surface area contributed by atoms with Gasteiger partial charge < -0.3 is 9.88 Å². The Hall–Kier alpha value is -3.03. The minimum atomic E-state index is -0.151. The van der Waals surface area contributed by atoms with Gasteiger partial charge in [-0.1, -0.05) is 0 Å². The number of aromatic nitrogens is 5. The van der Waals surface area contributed by atoms with E-state index in [1.165, 1.54) is 6.07 Å². The number of piperidine rings is 1. The van der Waals surface area contributed by atoms with Gasteiger partial charge >= 0.3 is 0 Å². The number of rotatable bonds is 2. The number of fused-ring (bicyclic) bond motifs is 1. The van der Waals surface area contributed by atoms with Crippen LogP contribution in [-0.4, -0.2) is 49.3 Å². The first-order chi connectivity index (χ1) is 12.1. The fraction of sp³-hybridized carbons (Fsp3) is 0.353. The van der Waals surface area contributed by atoms with Crippen LogP contribution in [0.3, 0.4) is 0 Å². The maximum Gasteiger partial charge on any atom is 0.253 e. The topological polar surface area (TPSA) is 108 Å². The number of likely N-dealkylation sites (tertiary alicyclic amines) is 1. The highest BCUT2D eigenvalue weighted by atomic mass is 16.2. The minimum Gasteiger partial charge on any atom is -0.338 e. The number of carbonyl (C=O) groups excluding carboxylic acids is 1. The third kappa shape index (κ3) is 3.02. The molecule has 1 aliphatic heterocycles. The lowest BCUT2D eigenvalue weighted by Crippen LogP contribution is -2.39. The van der Waals surface area contributed by atoms with Gasteiger partial charge in [0.15, 0.2) is 0 Å². The molecule has 1 saturated heterocycles. The number of carbonyl (C=O) groups is 1. The number of aromatic amines is 2. The Balaban J connectivity index is 1.57. The number of nitrogens with one attached hydrogen (secondary N) is 2. The average Bonchev–Trinajstić information content (AvgIpc) is 3.08. The van der Waals surface area contributed by atoms with Crippen molar-refractivity contribution in [3.8, 4) is 0 Å². The average molecular weight is 338 g/mol. The second-order valence-electron chi connectivity index (χ2n) is 6.37. The van der Waals surface area contributed by atoms with Crippen LogP contribution >= 0.6 is 0 Å². The number of amides is 1. The Bertz CT molecular complexity index is 992. The van der Waals surface area contributed by atoms with E-state index in [2.05, 4.69) is 25.4 Å². The highest BCUT2D eigenvalue weighted by Crippen LogP contribution is 2.26. The molecule has 3 aromatic rings. The maximum absolute atomic E-state index is 12.9. The molecule has 3 heterocycles. The molecule has 8 heteroatoms. The molecule has 1 amide bonds. The van der Waals surface area contributed by atoms with Gasteiger partial charge in [0.2, 0.25) is 0 Å². The van der Waals surface area contributed by atoms with Crippen molar-refractivity contribution < 1.29 is 4.79 Å².